The molecule has 0 saturated heterocycles. The van der Waals surface area contributed by atoms with Gasteiger partial charge in [0.05, 0.1) is 5.56 Å². The van der Waals surface area contributed by atoms with Crippen LogP contribution in [0.2, 0.25) is 0 Å². The molecule has 0 heterocycles. The largest absolute Gasteiger partial charge is 0.452 e. The number of benzene rings is 2. The van der Waals surface area contributed by atoms with Crippen molar-refractivity contribution in [3.8, 4) is 0 Å². The van der Waals surface area contributed by atoms with Crippen molar-refractivity contribution in [1.82, 2.24) is 5.32 Å². The Labute approximate surface area is 148 Å². The summed E-state index contributed by atoms with van der Waals surface area (Å²) in [5.74, 6) is -1.86. The molecule has 6 heteroatoms. The summed E-state index contributed by atoms with van der Waals surface area (Å²) in [4.78, 5) is 23.6. The molecule has 2 aromatic rings. The number of rotatable bonds is 6. The van der Waals surface area contributed by atoms with Gasteiger partial charge in [0.25, 0.3) is 5.91 Å². The summed E-state index contributed by atoms with van der Waals surface area (Å²) in [5.41, 5.74) is 0.890. The van der Waals surface area contributed by atoms with Gasteiger partial charge in [-0.1, -0.05) is 53.2 Å². The summed E-state index contributed by atoms with van der Waals surface area (Å²) >= 11 is 3.15. The second kappa shape index (κ2) is 8.59. The van der Waals surface area contributed by atoms with E-state index in [0.717, 1.165) is 11.6 Å². The third-order valence-electron chi connectivity index (χ3n) is 3.46. The number of hydrogen-bond donors (Lipinski definition) is 1. The molecule has 0 spiro atoms. The number of esters is 1. The second-order valence-electron chi connectivity index (χ2n) is 5.32. The van der Waals surface area contributed by atoms with Crippen LogP contribution in [0.1, 0.15) is 28.8 Å². The lowest BCUT2D eigenvalue weighted by molar-refractivity contribution is -0.124. The second-order valence-corrected chi connectivity index (χ2v) is 6.23. The first-order valence-electron chi connectivity index (χ1n) is 7.41. The third kappa shape index (κ3) is 5.16. The van der Waals surface area contributed by atoms with Gasteiger partial charge < -0.3 is 10.1 Å². The van der Waals surface area contributed by atoms with Gasteiger partial charge in [0.2, 0.25) is 0 Å². The molecule has 0 aromatic heterocycles. The first kappa shape index (κ1) is 18.1. The van der Waals surface area contributed by atoms with Crippen LogP contribution in [0.3, 0.4) is 0 Å². The number of ether oxygens (including phenoxy) is 1. The quantitative estimate of drug-likeness (QED) is 0.761. The summed E-state index contributed by atoms with van der Waals surface area (Å²) < 4.78 is 19.0. The van der Waals surface area contributed by atoms with Crippen LogP contribution in [0, 0.1) is 5.82 Å². The maximum absolute atomic E-state index is 13.6. The topological polar surface area (TPSA) is 55.4 Å². The predicted molar refractivity (Wildman–Crippen MR) is 92.2 cm³/mol. The maximum atomic E-state index is 13.6. The Kier molecular flexibility index (Phi) is 6.49. The Bertz CT molecular complexity index is 721. The van der Waals surface area contributed by atoms with Gasteiger partial charge in [-0.05, 0) is 29.7 Å². The molecule has 4 nitrogen and oxygen atoms in total. The molecule has 0 aliphatic heterocycles. The van der Waals surface area contributed by atoms with Crippen LogP contribution in [0.5, 0.6) is 0 Å². The zero-order valence-electron chi connectivity index (χ0n) is 13.1. The average Bonchev–Trinajstić information content (AvgIpc) is 2.60. The molecule has 126 valence electrons. The minimum absolute atomic E-state index is 0.133. The van der Waals surface area contributed by atoms with Crippen LogP contribution < -0.4 is 5.32 Å². The number of hydrogen-bond acceptors (Lipinski definition) is 3. The summed E-state index contributed by atoms with van der Waals surface area (Å²) in [7, 11) is 0. The van der Waals surface area contributed by atoms with Crippen molar-refractivity contribution in [3.63, 3.8) is 0 Å². The standard InChI is InChI=1S/C18H17BrFNO3/c1-12(13-5-3-2-4-6-13)10-21-17(22)11-24-18(23)15-9-14(19)7-8-16(15)20/h2-9,12H,10-11H2,1H3,(H,21,22)/t12-/m1/s1. The molecule has 1 N–H and O–H groups in total. The molecule has 1 amide bonds. The van der Waals surface area contributed by atoms with E-state index in [0.29, 0.717) is 11.0 Å². The lowest BCUT2D eigenvalue weighted by atomic mass is 10.0. The zero-order valence-corrected chi connectivity index (χ0v) is 14.7. The molecule has 0 bridgehead atoms. The fourth-order valence-electron chi connectivity index (χ4n) is 2.08. The van der Waals surface area contributed by atoms with Crippen molar-refractivity contribution in [2.45, 2.75) is 12.8 Å². The van der Waals surface area contributed by atoms with E-state index < -0.39 is 24.3 Å². The van der Waals surface area contributed by atoms with Gasteiger partial charge in [-0.25, -0.2) is 9.18 Å². The van der Waals surface area contributed by atoms with Gasteiger partial charge in [-0.3, -0.25) is 4.79 Å². The van der Waals surface area contributed by atoms with Crippen molar-refractivity contribution in [2.75, 3.05) is 13.2 Å². The maximum Gasteiger partial charge on any atom is 0.341 e. The van der Waals surface area contributed by atoms with Crippen molar-refractivity contribution in [3.05, 3.63) is 69.9 Å². The van der Waals surface area contributed by atoms with Crippen molar-refractivity contribution >= 4 is 27.8 Å². The molecule has 0 radical (unpaired) electrons. The summed E-state index contributed by atoms with van der Waals surface area (Å²) in [6, 6.07) is 13.7. The van der Waals surface area contributed by atoms with Gasteiger partial charge in [0.1, 0.15) is 5.82 Å². The van der Waals surface area contributed by atoms with Crippen LogP contribution in [0.15, 0.2) is 53.0 Å². The van der Waals surface area contributed by atoms with Gasteiger partial charge in [-0.2, -0.15) is 0 Å². The number of nitrogens with one attached hydrogen (secondary N) is 1. The minimum atomic E-state index is -0.875. The van der Waals surface area contributed by atoms with E-state index in [-0.39, 0.29) is 11.5 Å². The van der Waals surface area contributed by atoms with Crippen LogP contribution in [0.4, 0.5) is 4.39 Å². The first-order chi connectivity index (χ1) is 11.5. The Hall–Kier alpha value is -2.21. The van der Waals surface area contributed by atoms with Gasteiger partial charge in [0.15, 0.2) is 6.61 Å². The van der Waals surface area contributed by atoms with E-state index in [1.54, 1.807) is 0 Å². The first-order valence-corrected chi connectivity index (χ1v) is 8.20. The van der Waals surface area contributed by atoms with Gasteiger partial charge in [0, 0.05) is 11.0 Å². The Morgan fingerprint density at radius 3 is 2.62 bits per heavy atom. The van der Waals surface area contributed by atoms with Crippen LogP contribution in [-0.2, 0) is 9.53 Å². The fraction of sp³-hybridized carbons (Fsp3) is 0.222. The molecule has 0 fully saturated rings. The highest BCUT2D eigenvalue weighted by Crippen LogP contribution is 2.16. The monoisotopic (exact) mass is 393 g/mol. The smallest absolute Gasteiger partial charge is 0.341 e. The van der Waals surface area contributed by atoms with Crippen molar-refractivity contribution in [2.24, 2.45) is 0 Å². The number of halogens is 2. The van der Waals surface area contributed by atoms with Crippen LogP contribution >= 0.6 is 15.9 Å². The Balaban J connectivity index is 1.81. The lowest BCUT2D eigenvalue weighted by Crippen LogP contribution is -2.31. The Morgan fingerprint density at radius 2 is 1.92 bits per heavy atom. The molecule has 24 heavy (non-hydrogen) atoms. The van der Waals surface area contributed by atoms with E-state index in [4.69, 9.17) is 4.74 Å². The minimum Gasteiger partial charge on any atom is -0.452 e. The van der Waals surface area contributed by atoms with Gasteiger partial charge in [-0.15, -0.1) is 0 Å². The molecule has 0 aliphatic carbocycles. The summed E-state index contributed by atoms with van der Waals surface area (Å²) in [5, 5.41) is 2.69. The normalized spacial score (nSPS) is 11.6. The van der Waals surface area contributed by atoms with Gasteiger partial charge >= 0.3 is 5.97 Å². The SMILES string of the molecule is C[C@H](CNC(=O)COC(=O)c1cc(Br)ccc1F)c1ccccc1. The summed E-state index contributed by atoms with van der Waals surface area (Å²) in [6.07, 6.45) is 0. The molecular formula is C18H17BrFNO3. The fourth-order valence-corrected chi connectivity index (χ4v) is 2.44. The van der Waals surface area contributed by atoms with E-state index >= 15 is 0 Å². The lowest BCUT2D eigenvalue weighted by Gasteiger charge is -2.13. The molecule has 1 atom stereocenters. The highest BCUT2D eigenvalue weighted by Gasteiger charge is 2.15. The number of carbonyl (C=O) groups is 2. The summed E-state index contributed by atoms with van der Waals surface area (Å²) in [6.45, 7) is 1.95. The van der Waals surface area contributed by atoms with Crippen LogP contribution in [-0.4, -0.2) is 25.0 Å². The van der Waals surface area contributed by atoms with E-state index in [1.807, 2.05) is 37.3 Å². The zero-order chi connectivity index (χ0) is 17.5. The van der Waals surface area contributed by atoms with Crippen molar-refractivity contribution < 1.29 is 18.7 Å². The average molecular weight is 394 g/mol. The third-order valence-corrected chi connectivity index (χ3v) is 3.95. The molecule has 0 aliphatic rings. The highest BCUT2D eigenvalue weighted by atomic mass is 79.9. The highest BCUT2D eigenvalue weighted by molar-refractivity contribution is 9.10. The van der Waals surface area contributed by atoms with Crippen molar-refractivity contribution in [1.29, 1.82) is 0 Å². The van der Waals surface area contributed by atoms with E-state index in [9.17, 15) is 14.0 Å². The van der Waals surface area contributed by atoms with Crippen LogP contribution in [0.25, 0.3) is 0 Å². The van der Waals surface area contributed by atoms with E-state index in [2.05, 4.69) is 21.2 Å². The molecule has 2 rings (SSSR count). The predicted octanol–water partition coefficient (Wildman–Crippen LogP) is 3.66. The molecular weight excluding hydrogens is 377 g/mol. The molecule has 0 saturated carbocycles. The number of amides is 1. The van der Waals surface area contributed by atoms with E-state index in [1.165, 1.54) is 12.1 Å². The molecule has 0 unspecified atom stereocenters. The number of carbonyl (C=O) groups excluding carboxylic acids is 2. The Morgan fingerprint density at radius 1 is 1.21 bits per heavy atom. The molecule has 2 aromatic carbocycles.